The van der Waals surface area contributed by atoms with E-state index in [2.05, 4.69) is 60.4 Å². The number of halogens is 2. The largest absolute Gasteiger partial charge is 0.0854 e. The first-order valence-corrected chi connectivity index (χ1v) is 9.48. The van der Waals surface area contributed by atoms with Gasteiger partial charge in [0.2, 0.25) is 0 Å². The van der Waals surface area contributed by atoms with Crippen LogP contribution in [-0.2, 0) is 0 Å². The van der Waals surface area contributed by atoms with E-state index < -0.39 is 8.07 Å². The molecule has 0 aliphatic carbocycles. The van der Waals surface area contributed by atoms with E-state index >= 15 is 0 Å². The zero-order valence-corrected chi connectivity index (χ0v) is 12.6. The normalized spacial score (nSPS) is 13.1. The fraction of sp³-hybridized carbons (Fsp3) is 0.273. The van der Waals surface area contributed by atoms with Crippen LogP contribution in [0.15, 0.2) is 27.5 Å². The van der Waals surface area contributed by atoms with Gasteiger partial charge in [0.15, 0.2) is 0 Å². The van der Waals surface area contributed by atoms with E-state index in [0.29, 0.717) is 0 Å². The maximum absolute atomic E-state index is 5.82. The number of hydrogen-bond donors (Lipinski definition) is 0. The molecule has 3 heteroatoms. The molecule has 1 aromatic carbocycles. The van der Waals surface area contributed by atoms with Gasteiger partial charge in [-0.1, -0.05) is 66.0 Å². The van der Waals surface area contributed by atoms with Crippen LogP contribution in [0.4, 0.5) is 0 Å². The minimum Gasteiger partial charge on any atom is -0.0843 e. The summed E-state index contributed by atoms with van der Waals surface area (Å²) in [5.74, 6) is 0. The summed E-state index contributed by atoms with van der Waals surface area (Å²) in [6, 6.07) is 7.98. The molecule has 76 valence electrons. The summed E-state index contributed by atoms with van der Waals surface area (Å²) >= 11 is 8.27. The molecule has 0 aromatic heterocycles. The third kappa shape index (κ3) is 3.75. The molecule has 0 atom stereocenters. The van der Waals surface area contributed by atoms with Gasteiger partial charge in [-0.3, -0.25) is 0 Å². The first kappa shape index (κ1) is 12.3. The maximum atomic E-state index is 5.82. The third-order valence-electron chi connectivity index (χ3n) is 1.88. The molecule has 0 bridgehead atoms. The summed E-state index contributed by atoms with van der Waals surface area (Å²) in [6.07, 6.45) is 2.25. The van der Waals surface area contributed by atoms with Gasteiger partial charge in [0.05, 0.1) is 8.07 Å². The van der Waals surface area contributed by atoms with Crippen LogP contribution in [0.5, 0.6) is 0 Å². The average Bonchev–Trinajstić information content (AvgIpc) is 2.07. The van der Waals surface area contributed by atoms with E-state index in [4.69, 9.17) is 11.6 Å². The molecule has 0 saturated heterocycles. The molecule has 0 aliphatic rings. The molecule has 0 heterocycles. The predicted octanol–water partition coefficient (Wildman–Crippen LogP) is 4.99. The van der Waals surface area contributed by atoms with E-state index in [-0.39, 0.29) is 0 Å². The minimum atomic E-state index is -1.14. The van der Waals surface area contributed by atoms with E-state index in [1.165, 1.54) is 8.77 Å². The Morgan fingerprint density at radius 3 is 2.14 bits per heavy atom. The lowest BCUT2D eigenvalue weighted by Gasteiger charge is -2.14. The highest BCUT2D eigenvalue weighted by atomic mass is 127. The molecule has 0 N–H and O–H groups in total. The summed E-state index contributed by atoms with van der Waals surface area (Å²) in [6.45, 7) is 7.05. The van der Waals surface area contributed by atoms with Crippen LogP contribution in [0.3, 0.4) is 0 Å². The molecule has 0 fully saturated rings. The maximum Gasteiger partial charge on any atom is 0.0854 e. The second kappa shape index (κ2) is 4.81. The van der Waals surface area contributed by atoms with Gasteiger partial charge in [-0.25, -0.2) is 0 Å². The molecule has 0 saturated carbocycles. The Balaban J connectivity index is 2.93. The topological polar surface area (TPSA) is 0 Å². The molecule has 1 aromatic rings. The van der Waals surface area contributed by atoms with Crippen molar-refractivity contribution in [2.75, 3.05) is 0 Å². The molecule has 0 amide bonds. The van der Waals surface area contributed by atoms with Crippen LogP contribution in [0.2, 0.25) is 24.7 Å². The van der Waals surface area contributed by atoms with Crippen molar-refractivity contribution in [2.45, 2.75) is 19.6 Å². The van der Waals surface area contributed by atoms with Crippen LogP contribution in [0.25, 0.3) is 6.08 Å². The van der Waals surface area contributed by atoms with Crippen LogP contribution < -0.4 is 0 Å². The van der Waals surface area contributed by atoms with Gasteiger partial charge in [0.25, 0.3) is 0 Å². The lowest BCUT2D eigenvalue weighted by molar-refractivity contribution is 1.65. The Morgan fingerprint density at radius 2 is 1.71 bits per heavy atom. The molecule has 0 radical (unpaired) electrons. The highest BCUT2D eigenvalue weighted by Gasteiger charge is 2.16. The van der Waals surface area contributed by atoms with Crippen LogP contribution in [0.1, 0.15) is 5.56 Å². The van der Waals surface area contributed by atoms with Crippen molar-refractivity contribution in [1.29, 1.82) is 0 Å². The molecular weight excluding hydrogens is 323 g/mol. The number of rotatable bonds is 2. The van der Waals surface area contributed by atoms with Crippen LogP contribution in [0, 0.1) is 0 Å². The van der Waals surface area contributed by atoms with Crippen molar-refractivity contribution in [3.63, 3.8) is 0 Å². The minimum absolute atomic E-state index is 0.796. The predicted molar refractivity (Wildman–Crippen MR) is 76.8 cm³/mol. The molecule has 0 nitrogen and oxygen atoms in total. The van der Waals surface area contributed by atoms with Crippen molar-refractivity contribution < 1.29 is 0 Å². The Morgan fingerprint density at radius 1 is 1.21 bits per heavy atom. The Labute approximate surface area is 106 Å². The standard InChI is InChI=1S/C11H14ClISi/c1-14(2,3)11(13)8-9-4-6-10(12)7-5-9/h4-8H,1-3H3/b11-8+. The third-order valence-corrected chi connectivity index (χ3v) is 8.87. The highest BCUT2D eigenvalue weighted by molar-refractivity contribution is 14.1. The lowest BCUT2D eigenvalue weighted by atomic mass is 10.2. The van der Waals surface area contributed by atoms with Crippen molar-refractivity contribution in [3.8, 4) is 0 Å². The molecule has 0 unspecified atom stereocenters. The Hall–Kier alpha value is 0.197. The molecule has 0 spiro atoms. The highest BCUT2D eigenvalue weighted by Crippen LogP contribution is 2.24. The van der Waals surface area contributed by atoms with Gasteiger partial charge < -0.3 is 0 Å². The Bertz CT molecular complexity index is 335. The number of benzene rings is 1. The molecule has 14 heavy (non-hydrogen) atoms. The van der Waals surface area contributed by atoms with Gasteiger partial charge >= 0.3 is 0 Å². The first-order chi connectivity index (χ1) is 6.39. The molecule has 0 aliphatic heterocycles. The summed E-state index contributed by atoms with van der Waals surface area (Å²) in [4.78, 5) is 0. The quantitative estimate of drug-likeness (QED) is 0.527. The summed E-state index contributed by atoms with van der Waals surface area (Å²) in [5, 5.41) is 0.796. The summed E-state index contributed by atoms with van der Waals surface area (Å²) < 4.78 is 1.48. The van der Waals surface area contributed by atoms with Crippen LogP contribution >= 0.6 is 34.2 Å². The second-order valence-electron chi connectivity index (χ2n) is 4.29. The van der Waals surface area contributed by atoms with Gasteiger partial charge in [0.1, 0.15) is 0 Å². The van der Waals surface area contributed by atoms with Crippen molar-refractivity contribution in [2.24, 2.45) is 0 Å². The fourth-order valence-electron chi connectivity index (χ4n) is 0.922. The van der Waals surface area contributed by atoms with Gasteiger partial charge in [0, 0.05) is 5.02 Å². The van der Waals surface area contributed by atoms with Crippen molar-refractivity contribution in [1.82, 2.24) is 0 Å². The van der Waals surface area contributed by atoms with E-state index in [0.717, 1.165) is 5.02 Å². The van der Waals surface area contributed by atoms with Gasteiger partial charge in [-0.2, -0.15) is 0 Å². The molecule has 1 rings (SSSR count). The fourth-order valence-corrected chi connectivity index (χ4v) is 2.01. The summed E-state index contributed by atoms with van der Waals surface area (Å²) in [7, 11) is -1.14. The van der Waals surface area contributed by atoms with E-state index in [1.807, 2.05) is 12.1 Å². The van der Waals surface area contributed by atoms with Crippen molar-refractivity contribution in [3.05, 3.63) is 38.1 Å². The molecular formula is C11H14ClISi. The monoisotopic (exact) mass is 336 g/mol. The Kier molecular flexibility index (Phi) is 4.22. The van der Waals surface area contributed by atoms with E-state index in [1.54, 1.807) is 0 Å². The van der Waals surface area contributed by atoms with Crippen LogP contribution in [-0.4, -0.2) is 8.07 Å². The summed E-state index contributed by atoms with van der Waals surface area (Å²) in [5.41, 5.74) is 1.24. The van der Waals surface area contributed by atoms with Gasteiger partial charge in [-0.05, 0) is 27.0 Å². The van der Waals surface area contributed by atoms with E-state index in [9.17, 15) is 0 Å². The first-order valence-electron chi connectivity index (χ1n) is 4.53. The smallest absolute Gasteiger partial charge is 0.0843 e. The second-order valence-corrected chi connectivity index (χ2v) is 11.9. The SMILES string of the molecule is C[Si](C)(C)/C(I)=C/c1ccc(Cl)cc1. The number of hydrogen-bond acceptors (Lipinski definition) is 0. The average molecular weight is 337 g/mol. The van der Waals surface area contributed by atoms with Crippen molar-refractivity contribution >= 4 is 48.3 Å². The zero-order valence-electron chi connectivity index (χ0n) is 8.64. The zero-order chi connectivity index (χ0) is 10.8. The van der Waals surface area contributed by atoms with Gasteiger partial charge in [-0.15, -0.1) is 0 Å². The lowest BCUT2D eigenvalue weighted by Crippen LogP contribution is -2.19.